The molecule has 1 aliphatic heterocycles. The zero-order valence-corrected chi connectivity index (χ0v) is 18.9. The molecule has 1 saturated heterocycles. The van der Waals surface area contributed by atoms with Crippen molar-refractivity contribution in [2.45, 2.75) is 45.7 Å². The molecule has 0 bridgehead atoms. The fourth-order valence-corrected chi connectivity index (χ4v) is 4.52. The number of nitrogens with zero attached hydrogens (tertiary/aromatic N) is 3. The Kier molecular flexibility index (Phi) is 9.90. The highest BCUT2D eigenvalue weighted by Crippen LogP contribution is 2.13. The summed E-state index contributed by atoms with van der Waals surface area (Å²) in [5, 5.41) is 6.86. The van der Waals surface area contributed by atoms with Crippen LogP contribution in [0.1, 0.15) is 38.7 Å². The number of guanidine groups is 1. The van der Waals surface area contributed by atoms with Crippen LogP contribution in [0, 0.1) is 0 Å². The van der Waals surface area contributed by atoms with Crippen molar-refractivity contribution in [2.24, 2.45) is 4.99 Å². The number of rotatable bonds is 10. The molecule has 0 saturated carbocycles. The van der Waals surface area contributed by atoms with Crippen LogP contribution >= 0.6 is 0 Å². The average molecular weight is 424 g/mol. The Morgan fingerprint density at radius 3 is 2.48 bits per heavy atom. The Bertz CT molecular complexity index is 716. The maximum atomic E-state index is 11.7. The van der Waals surface area contributed by atoms with Gasteiger partial charge in [0.15, 0.2) is 5.96 Å². The van der Waals surface area contributed by atoms with Crippen LogP contribution in [0.3, 0.4) is 0 Å². The van der Waals surface area contributed by atoms with Gasteiger partial charge in [-0.15, -0.1) is 0 Å². The fourth-order valence-electron chi connectivity index (χ4n) is 3.59. The van der Waals surface area contributed by atoms with Gasteiger partial charge >= 0.3 is 0 Å². The Labute approximate surface area is 176 Å². The predicted molar refractivity (Wildman–Crippen MR) is 121 cm³/mol. The number of sulfonamides is 1. The molecular formula is C21H37N5O2S. The van der Waals surface area contributed by atoms with E-state index in [1.165, 1.54) is 16.1 Å². The van der Waals surface area contributed by atoms with E-state index in [1.54, 1.807) is 0 Å². The van der Waals surface area contributed by atoms with Crippen molar-refractivity contribution < 1.29 is 8.42 Å². The van der Waals surface area contributed by atoms with Crippen LogP contribution in [-0.2, 0) is 16.6 Å². The molecule has 1 aliphatic rings. The second-order valence-electron chi connectivity index (χ2n) is 7.55. The lowest BCUT2D eigenvalue weighted by Crippen LogP contribution is -2.48. The van der Waals surface area contributed by atoms with E-state index in [9.17, 15) is 8.42 Å². The minimum atomic E-state index is -3.13. The van der Waals surface area contributed by atoms with Gasteiger partial charge in [0.1, 0.15) is 0 Å². The van der Waals surface area contributed by atoms with Gasteiger partial charge in [-0.2, -0.15) is 0 Å². The molecule has 7 nitrogen and oxygen atoms in total. The average Bonchev–Trinajstić information content (AvgIpc) is 2.69. The first-order valence-electron chi connectivity index (χ1n) is 10.7. The molecule has 164 valence electrons. The molecule has 1 aromatic carbocycles. The van der Waals surface area contributed by atoms with Crippen molar-refractivity contribution in [1.29, 1.82) is 0 Å². The number of hydrogen-bond acceptors (Lipinski definition) is 4. The molecule has 0 aromatic heterocycles. The molecule has 2 rings (SSSR count). The van der Waals surface area contributed by atoms with E-state index in [1.807, 2.05) is 6.92 Å². The number of nitrogens with one attached hydrogen (secondary N) is 2. The lowest BCUT2D eigenvalue weighted by Gasteiger charge is -2.33. The third-order valence-corrected chi connectivity index (χ3v) is 6.56. The van der Waals surface area contributed by atoms with Gasteiger partial charge < -0.3 is 10.6 Å². The normalized spacial score (nSPS) is 16.9. The minimum Gasteiger partial charge on any atom is -0.357 e. The van der Waals surface area contributed by atoms with Crippen LogP contribution < -0.4 is 10.6 Å². The highest BCUT2D eigenvalue weighted by atomic mass is 32.2. The van der Waals surface area contributed by atoms with Crippen molar-refractivity contribution >= 4 is 16.0 Å². The van der Waals surface area contributed by atoms with E-state index in [2.05, 4.69) is 57.8 Å². The van der Waals surface area contributed by atoms with Crippen molar-refractivity contribution in [3.05, 3.63) is 35.9 Å². The van der Waals surface area contributed by atoms with Crippen LogP contribution in [0.5, 0.6) is 0 Å². The molecule has 0 atom stereocenters. The largest absolute Gasteiger partial charge is 0.357 e. The van der Waals surface area contributed by atoms with Gasteiger partial charge in [0.2, 0.25) is 10.0 Å². The smallest absolute Gasteiger partial charge is 0.211 e. The monoisotopic (exact) mass is 423 g/mol. The van der Waals surface area contributed by atoms with Crippen LogP contribution in [0.4, 0.5) is 0 Å². The van der Waals surface area contributed by atoms with Gasteiger partial charge in [-0.25, -0.2) is 12.7 Å². The van der Waals surface area contributed by atoms with Crippen LogP contribution in [0.15, 0.2) is 35.3 Å². The van der Waals surface area contributed by atoms with Crippen LogP contribution in [-0.4, -0.2) is 75.1 Å². The van der Waals surface area contributed by atoms with Crippen molar-refractivity contribution in [1.82, 2.24) is 19.8 Å². The summed E-state index contributed by atoms with van der Waals surface area (Å²) >= 11 is 0. The first kappa shape index (κ1) is 23.6. The minimum absolute atomic E-state index is 0.419. The van der Waals surface area contributed by atoms with E-state index in [-0.39, 0.29) is 0 Å². The van der Waals surface area contributed by atoms with Crippen molar-refractivity contribution in [2.75, 3.05) is 45.5 Å². The van der Waals surface area contributed by atoms with Gasteiger partial charge in [-0.3, -0.25) is 9.89 Å². The molecule has 0 radical (unpaired) electrons. The lowest BCUT2D eigenvalue weighted by atomic mass is 10.0. The molecule has 0 spiro atoms. The third kappa shape index (κ3) is 8.72. The highest BCUT2D eigenvalue weighted by Gasteiger charge is 2.20. The number of likely N-dealkylation sites (tertiary alicyclic amines) is 1. The first-order valence-corrected chi connectivity index (χ1v) is 12.5. The summed E-state index contributed by atoms with van der Waals surface area (Å²) < 4.78 is 24.8. The van der Waals surface area contributed by atoms with E-state index in [0.717, 1.165) is 45.0 Å². The topological polar surface area (TPSA) is 77.0 Å². The SMILES string of the molecule is CCNC(=NCCCN(CC)S(C)(=O)=O)NC1CCN(Cc2ccccc2)CC1. The predicted octanol–water partition coefficient (Wildman–Crippen LogP) is 1.88. The number of aliphatic imine (C=N–C) groups is 1. The second-order valence-corrected chi connectivity index (χ2v) is 9.53. The molecule has 29 heavy (non-hydrogen) atoms. The number of piperidine rings is 1. The van der Waals surface area contributed by atoms with E-state index < -0.39 is 10.0 Å². The lowest BCUT2D eigenvalue weighted by molar-refractivity contribution is 0.198. The van der Waals surface area contributed by atoms with Crippen LogP contribution in [0.25, 0.3) is 0 Å². The first-order chi connectivity index (χ1) is 13.9. The molecule has 0 unspecified atom stereocenters. The van der Waals surface area contributed by atoms with Gasteiger partial charge in [-0.05, 0) is 31.7 Å². The molecule has 1 aromatic rings. The molecule has 0 aliphatic carbocycles. The Hall–Kier alpha value is -1.64. The van der Waals surface area contributed by atoms with E-state index >= 15 is 0 Å². The molecule has 1 fully saturated rings. The Morgan fingerprint density at radius 2 is 1.90 bits per heavy atom. The van der Waals surface area contributed by atoms with Crippen molar-refractivity contribution in [3.63, 3.8) is 0 Å². The summed E-state index contributed by atoms with van der Waals surface area (Å²) in [4.78, 5) is 7.14. The molecule has 0 amide bonds. The van der Waals surface area contributed by atoms with Crippen LogP contribution in [0.2, 0.25) is 0 Å². The fraction of sp³-hybridized carbons (Fsp3) is 0.667. The number of benzene rings is 1. The Balaban J connectivity index is 1.76. The number of hydrogen-bond donors (Lipinski definition) is 2. The second kappa shape index (κ2) is 12.1. The van der Waals surface area contributed by atoms with Gasteiger partial charge in [0, 0.05) is 51.9 Å². The van der Waals surface area contributed by atoms with E-state index in [0.29, 0.717) is 32.1 Å². The summed E-state index contributed by atoms with van der Waals surface area (Å²) in [5.41, 5.74) is 1.36. The quantitative estimate of drug-likeness (QED) is 0.341. The van der Waals surface area contributed by atoms with Crippen molar-refractivity contribution in [3.8, 4) is 0 Å². The summed E-state index contributed by atoms with van der Waals surface area (Å²) in [6.45, 7) is 9.51. The highest BCUT2D eigenvalue weighted by molar-refractivity contribution is 7.88. The zero-order valence-electron chi connectivity index (χ0n) is 18.1. The molecule has 1 heterocycles. The maximum Gasteiger partial charge on any atom is 0.211 e. The summed E-state index contributed by atoms with van der Waals surface area (Å²) in [7, 11) is -3.13. The molecular weight excluding hydrogens is 386 g/mol. The summed E-state index contributed by atoms with van der Waals surface area (Å²) in [6, 6.07) is 11.0. The standard InChI is InChI=1S/C21H37N5O2S/c1-4-22-21(23-14-9-15-26(5-2)29(3,27)28)24-20-12-16-25(17-13-20)18-19-10-7-6-8-11-19/h6-8,10-11,20H,4-5,9,12-18H2,1-3H3,(H2,22,23,24). The van der Waals surface area contributed by atoms with Gasteiger partial charge in [0.25, 0.3) is 0 Å². The summed E-state index contributed by atoms with van der Waals surface area (Å²) in [6.07, 6.45) is 4.16. The zero-order chi connectivity index (χ0) is 21.1. The molecule has 8 heteroatoms. The Morgan fingerprint density at radius 1 is 1.21 bits per heavy atom. The summed E-state index contributed by atoms with van der Waals surface area (Å²) in [5.74, 6) is 0.830. The molecule has 2 N–H and O–H groups in total. The van der Waals surface area contributed by atoms with Gasteiger partial charge in [0.05, 0.1) is 6.26 Å². The maximum absolute atomic E-state index is 11.7. The third-order valence-electron chi connectivity index (χ3n) is 5.18. The van der Waals surface area contributed by atoms with Gasteiger partial charge in [-0.1, -0.05) is 37.3 Å². The van der Waals surface area contributed by atoms with E-state index in [4.69, 9.17) is 0 Å².